The predicted molar refractivity (Wildman–Crippen MR) is 83.9 cm³/mol. The quantitative estimate of drug-likeness (QED) is 0.644. The highest BCUT2D eigenvalue weighted by Gasteiger charge is 2.12. The molecule has 2 heterocycles. The third-order valence-corrected chi connectivity index (χ3v) is 3.86. The van der Waals surface area contributed by atoms with Crippen molar-refractivity contribution in [3.8, 4) is 0 Å². The number of aromatic nitrogens is 3. The van der Waals surface area contributed by atoms with Crippen LogP contribution in [0, 0.1) is 0 Å². The monoisotopic (exact) mass is 267 g/mol. The topological polar surface area (TPSA) is 30.7 Å². The standard InChI is InChI=1S/C17H21N3/c1-3-5-8-11-20-16(4-2)19-15-12-18-14-10-7-6-9-13(14)17(15)20/h6-7,9-10,12H,3-5,8,11H2,1-2H3. The number of para-hydroxylation sites is 1. The summed E-state index contributed by atoms with van der Waals surface area (Å²) < 4.78 is 2.40. The second-order valence-electron chi connectivity index (χ2n) is 5.25. The molecule has 0 amide bonds. The van der Waals surface area contributed by atoms with E-state index in [1.807, 2.05) is 12.3 Å². The number of hydrogen-bond donors (Lipinski definition) is 0. The Labute approximate surface area is 119 Å². The van der Waals surface area contributed by atoms with Gasteiger partial charge in [0.15, 0.2) is 0 Å². The van der Waals surface area contributed by atoms with E-state index < -0.39 is 0 Å². The van der Waals surface area contributed by atoms with Crippen molar-refractivity contribution in [2.24, 2.45) is 0 Å². The maximum Gasteiger partial charge on any atom is 0.109 e. The molecule has 20 heavy (non-hydrogen) atoms. The van der Waals surface area contributed by atoms with E-state index >= 15 is 0 Å². The molecule has 0 aliphatic rings. The van der Waals surface area contributed by atoms with Gasteiger partial charge in [-0.15, -0.1) is 0 Å². The van der Waals surface area contributed by atoms with Crippen LogP contribution in [-0.4, -0.2) is 14.5 Å². The Morgan fingerprint density at radius 1 is 1.05 bits per heavy atom. The van der Waals surface area contributed by atoms with Gasteiger partial charge in [-0.2, -0.15) is 0 Å². The van der Waals surface area contributed by atoms with Crippen molar-refractivity contribution in [1.29, 1.82) is 0 Å². The molecule has 3 aromatic rings. The number of fused-ring (bicyclic) bond motifs is 3. The zero-order valence-corrected chi connectivity index (χ0v) is 12.3. The van der Waals surface area contributed by atoms with Gasteiger partial charge in [-0.05, 0) is 12.5 Å². The number of rotatable bonds is 5. The van der Waals surface area contributed by atoms with E-state index in [-0.39, 0.29) is 0 Å². The molecule has 104 valence electrons. The normalized spacial score (nSPS) is 11.5. The summed E-state index contributed by atoms with van der Waals surface area (Å²) in [6, 6.07) is 8.35. The summed E-state index contributed by atoms with van der Waals surface area (Å²) in [7, 11) is 0. The van der Waals surface area contributed by atoms with Crippen LogP contribution in [0.5, 0.6) is 0 Å². The Morgan fingerprint density at radius 3 is 2.70 bits per heavy atom. The minimum Gasteiger partial charge on any atom is -0.327 e. The molecule has 0 atom stereocenters. The van der Waals surface area contributed by atoms with Gasteiger partial charge in [0.2, 0.25) is 0 Å². The Kier molecular flexibility index (Phi) is 3.68. The predicted octanol–water partition coefficient (Wildman–Crippen LogP) is 4.34. The van der Waals surface area contributed by atoms with Crippen LogP contribution in [0.1, 0.15) is 38.9 Å². The van der Waals surface area contributed by atoms with Gasteiger partial charge in [0.1, 0.15) is 11.3 Å². The lowest BCUT2D eigenvalue weighted by Gasteiger charge is -2.09. The minimum absolute atomic E-state index is 0.967. The smallest absolute Gasteiger partial charge is 0.109 e. The first kappa shape index (κ1) is 13.1. The molecule has 3 rings (SSSR count). The summed E-state index contributed by atoms with van der Waals surface area (Å²) in [6.07, 6.45) is 6.61. The van der Waals surface area contributed by atoms with Gasteiger partial charge in [0, 0.05) is 18.4 Å². The fraction of sp³-hybridized carbons (Fsp3) is 0.412. The van der Waals surface area contributed by atoms with Gasteiger partial charge < -0.3 is 4.57 Å². The van der Waals surface area contributed by atoms with E-state index in [0.717, 1.165) is 24.0 Å². The molecule has 3 nitrogen and oxygen atoms in total. The Morgan fingerprint density at radius 2 is 1.90 bits per heavy atom. The highest BCUT2D eigenvalue weighted by atomic mass is 15.1. The number of pyridine rings is 1. The maximum absolute atomic E-state index is 4.76. The van der Waals surface area contributed by atoms with Crippen molar-refractivity contribution >= 4 is 21.9 Å². The van der Waals surface area contributed by atoms with E-state index in [1.165, 1.54) is 36.0 Å². The summed E-state index contributed by atoms with van der Waals surface area (Å²) in [5, 5.41) is 1.22. The SMILES string of the molecule is CCCCCn1c(CC)nc2cnc3ccccc3c21. The molecule has 0 aliphatic heterocycles. The van der Waals surface area contributed by atoms with Gasteiger partial charge in [-0.1, -0.05) is 44.9 Å². The summed E-state index contributed by atoms with van der Waals surface area (Å²) >= 11 is 0. The van der Waals surface area contributed by atoms with Crippen molar-refractivity contribution in [1.82, 2.24) is 14.5 Å². The lowest BCUT2D eigenvalue weighted by Crippen LogP contribution is -2.03. The van der Waals surface area contributed by atoms with Gasteiger partial charge in [-0.25, -0.2) is 4.98 Å². The van der Waals surface area contributed by atoms with Crippen LogP contribution in [0.3, 0.4) is 0 Å². The first-order valence-electron chi connectivity index (χ1n) is 7.58. The van der Waals surface area contributed by atoms with Crippen molar-refractivity contribution in [3.63, 3.8) is 0 Å². The van der Waals surface area contributed by atoms with Crippen molar-refractivity contribution in [3.05, 3.63) is 36.3 Å². The fourth-order valence-electron chi connectivity index (χ4n) is 2.84. The largest absolute Gasteiger partial charge is 0.327 e. The summed E-state index contributed by atoms with van der Waals surface area (Å²) in [5.41, 5.74) is 3.33. The highest BCUT2D eigenvalue weighted by molar-refractivity contribution is 6.02. The summed E-state index contributed by atoms with van der Waals surface area (Å²) in [6.45, 7) is 5.47. The zero-order chi connectivity index (χ0) is 13.9. The molecule has 0 unspecified atom stereocenters. The molecule has 0 fully saturated rings. The molecule has 0 saturated carbocycles. The van der Waals surface area contributed by atoms with Gasteiger partial charge in [0.25, 0.3) is 0 Å². The van der Waals surface area contributed by atoms with Crippen LogP contribution >= 0.6 is 0 Å². The van der Waals surface area contributed by atoms with Crippen LogP contribution in [-0.2, 0) is 13.0 Å². The Hall–Kier alpha value is -1.90. The Balaban J connectivity index is 2.20. The maximum atomic E-state index is 4.76. The third-order valence-electron chi connectivity index (χ3n) is 3.86. The second kappa shape index (κ2) is 5.61. The molecular formula is C17H21N3. The van der Waals surface area contributed by atoms with Crippen LogP contribution < -0.4 is 0 Å². The van der Waals surface area contributed by atoms with Crippen molar-refractivity contribution in [2.75, 3.05) is 0 Å². The number of hydrogen-bond acceptors (Lipinski definition) is 2. The van der Waals surface area contributed by atoms with Crippen molar-refractivity contribution in [2.45, 2.75) is 46.1 Å². The van der Waals surface area contributed by atoms with Crippen molar-refractivity contribution < 1.29 is 0 Å². The molecule has 0 spiro atoms. The lowest BCUT2D eigenvalue weighted by atomic mass is 10.2. The molecule has 0 bridgehead atoms. The Bertz CT molecular complexity index is 728. The molecular weight excluding hydrogens is 246 g/mol. The first-order chi connectivity index (χ1) is 9.85. The van der Waals surface area contributed by atoms with E-state index in [0.29, 0.717) is 0 Å². The van der Waals surface area contributed by atoms with Gasteiger partial charge in [-0.3, -0.25) is 4.98 Å². The molecule has 0 N–H and O–H groups in total. The molecule has 3 heteroatoms. The van der Waals surface area contributed by atoms with E-state index in [9.17, 15) is 0 Å². The second-order valence-corrected chi connectivity index (χ2v) is 5.25. The van der Waals surface area contributed by atoms with Crippen LogP contribution in [0.15, 0.2) is 30.5 Å². The van der Waals surface area contributed by atoms with E-state index in [1.54, 1.807) is 0 Å². The molecule has 0 radical (unpaired) electrons. The minimum atomic E-state index is 0.967. The van der Waals surface area contributed by atoms with Crippen LogP contribution in [0.4, 0.5) is 0 Å². The number of imidazole rings is 1. The molecule has 1 aromatic carbocycles. The average molecular weight is 267 g/mol. The summed E-state index contributed by atoms with van der Waals surface area (Å²) in [5.74, 6) is 1.18. The zero-order valence-electron chi connectivity index (χ0n) is 12.3. The molecule has 0 aliphatic carbocycles. The average Bonchev–Trinajstić information content (AvgIpc) is 2.86. The van der Waals surface area contributed by atoms with E-state index in [2.05, 4.69) is 41.6 Å². The number of benzene rings is 1. The van der Waals surface area contributed by atoms with Gasteiger partial charge >= 0.3 is 0 Å². The van der Waals surface area contributed by atoms with Crippen LogP contribution in [0.25, 0.3) is 21.9 Å². The highest BCUT2D eigenvalue weighted by Crippen LogP contribution is 2.25. The van der Waals surface area contributed by atoms with Crippen LogP contribution in [0.2, 0.25) is 0 Å². The molecule has 2 aromatic heterocycles. The number of nitrogens with zero attached hydrogens (tertiary/aromatic N) is 3. The summed E-state index contributed by atoms with van der Waals surface area (Å²) in [4.78, 5) is 9.28. The number of aryl methyl sites for hydroxylation is 2. The fourth-order valence-corrected chi connectivity index (χ4v) is 2.84. The lowest BCUT2D eigenvalue weighted by molar-refractivity contribution is 0.595. The van der Waals surface area contributed by atoms with Gasteiger partial charge in [0.05, 0.1) is 17.2 Å². The number of unbranched alkanes of at least 4 members (excludes halogenated alkanes) is 2. The first-order valence-corrected chi connectivity index (χ1v) is 7.58. The third kappa shape index (κ3) is 2.17. The molecule has 0 saturated heterocycles. The van der Waals surface area contributed by atoms with E-state index in [4.69, 9.17) is 4.98 Å².